The number of fused-ring (bicyclic) bond motifs is 1. The summed E-state index contributed by atoms with van der Waals surface area (Å²) in [6.45, 7) is 3.26. The van der Waals surface area contributed by atoms with Crippen LogP contribution in [0.4, 0.5) is 0 Å². The molecule has 2 aliphatic carbocycles. The third-order valence-electron chi connectivity index (χ3n) is 5.76. The molecule has 0 spiro atoms. The Kier molecular flexibility index (Phi) is 4.11. The molecule has 1 amide bonds. The molecule has 0 aromatic heterocycles. The van der Waals surface area contributed by atoms with Crippen LogP contribution >= 0.6 is 0 Å². The molecular formula is C16H28N2O. The molecule has 3 fully saturated rings. The molecule has 1 saturated heterocycles. The van der Waals surface area contributed by atoms with Crippen molar-refractivity contribution < 1.29 is 4.79 Å². The highest BCUT2D eigenvalue weighted by Gasteiger charge is 2.42. The number of amides is 1. The van der Waals surface area contributed by atoms with Crippen LogP contribution in [-0.2, 0) is 4.79 Å². The van der Waals surface area contributed by atoms with E-state index >= 15 is 0 Å². The average Bonchev–Trinajstić information content (AvgIpc) is 3.01. The molecular weight excluding hydrogens is 236 g/mol. The molecule has 19 heavy (non-hydrogen) atoms. The van der Waals surface area contributed by atoms with Crippen molar-refractivity contribution in [3.63, 3.8) is 0 Å². The number of carbonyl (C=O) groups excluding carboxylic acids is 1. The van der Waals surface area contributed by atoms with Crippen LogP contribution in [-0.4, -0.2) is 24.5 Å². The third kappa shape index (κ3) is 2.81. The number of rotatable bonds is 3. The predicted octanol–water partition coefficient (Wildman–Crippen LogP) is 2.46. The molecule has 1 aliphatic heterocycles. The first-order valence-corrected chi connectivity index (χ1v) is 8.29. The lowest BCUT2D eigenvalue weighted by molar-refractivity contribution is -0.124. The normalized spacial score (nSPS) is 37.0. The van der Waals surface area contributed by atoms with Crippen LogP contribution in [0.2, 0.25) is 0 Å². The Morgan fingerprint density at radius 3 is 2.68 bits per heavy atom. The van der Waals surface area contributed by atoms with E-state index in [1.807, 2.05) is 0 Å². The van der Waals surface area contributed by atoms with Gasteiger partial charge in [-0.25, -0.2) is 0 Å². The fourth-order valence-electron chi connectivity index (χ4n) is 4.54. The molecule has 3 unspecified atom stereocenters. The van der Waals surface area contributed by atoms with E-state index in [2.05, 4.69) is 17.6 Å². The molecule has 0 aromatic rings. The predicted molar refractivity (Wildman–Crippen MR) is 76.8 cm³/mol. The quantitative estimate of drug-likeness (QED) is 0.822. The van der Waals surface area contributed by atoms with E-state index < -0.39 is 0 Å². The highest BCUT2D eigenvalue weighted by Crippen LogP contribution is 2.37. The van der Waals surface area contributed by atoms with Gasteiger partial charge in [0.25, 0.3) is 0 Å². The van der Waals surface area contributed by atoms with Crippen molar-refractivity contribution in [1.29, 1.82) is 0 Å². The summed E-state index contributed by atoms with van der Waals surface area (Å²) in [6, 6.07) is 0.452. The van der Waals surface area contributed by atoms with E-state index in [-0.39, 0.29) is 11.9 Å². The van der Waals surface area contributed by atoms with Crippen LogP contribution in [0.15, 0.2) is 0 Å². The molecule has 0 aromatic carbocycles. The van der Waals surface area contributed by atoms with Crippen LogP contribution in [0.1, 0.15) is 58.3 Å². The first kappa shape index (κ1) is 13.4. The van der Waals surface area contributed by atoms with Gasteiger partial charge >= 0.3 is 0 Å². The van der Waals surface area contributed by atoms with E-state index in [1.165, 1.54) is 51.4 Å². The molecule has 1 heterocycles. The Balaban J connectivity index is 1.52. The molecule has 3 heteroatoms. The Hall–Kier alpha value is -0.570. The fourth-order valence-corrected chi connectivity index (χ4v) is 4.54. The Bertz CT molecular complexity index is 325. The van der Waals surface area contributed by atoms with Crippen LogP contribution in [0.5, 0.6) is 0 Å². The largest absolute Gasteiger partial charge is 0.352 e. The van der Waals surface area contributed by atoms with Gasteiger partial charge in [0.2, 0.25) is 5.91 Å². The van der Waals surface area contributed by atoms with Crippen molar-refractivity contribution in [2.75, 3.05) is 6.54 Å². The van der Waals surface area contributed by atoms with Crippen LogP contribution < -0.4 is 10.6 Å². The molecule has 2 saturated carbocycles. The maximum atomic E-state index is 12.5. The number of hydrogen-bond acceptors (Lipinski definition) is 2. The fraction of sp³-hybridized carbons (Fsp3) is 0.938. The minimum atomic E-state index is 0.0959. The van der Waals surface area contributed by atoms with Crippen LogP contribution in [0, 0.1) is 17.8 Å². The molecule has 3 rings (SSSR count). The number of carbonyl (C=O) groups is 1. The van der Waals surface area contributed by atoms with Crippen molar-refractivity contribution in [3.05, 3.63) is 0 Å². The number of nitrogens with one attached hydrogen (secondary N) is 2. The van der Waals surface area contributed by atoms with E-state index in [9.17, 15) is 4.79 Å². The summed E-state index contributed by atoms with van der Waals surface area (Å²) in [7, 11) is 0. The monoisotopic (exact) mass is 264 g/mol. The van der Waals surface area contributed by atoms with Gasteiger partial charge in [-0.15, -0.1) is 0 Å². The molecule has 0 radical (unpaired) electrons. The summed E-state index contributed by atoms with van der Waals surface area (Å²) >= 11 is 0. The first-order valence-electron chi connectivity index (χ1n) is 8.29. The lowest BCUT2D eigenvalue weighted by Gasteiger charge is -2.30. The standard InChI is InChI=1S/C16H28N2O/c1-11(12-6-3-2-4-7-12)18-16(19)15-14-9-5-8-13(14)10-17-15/h11-15,17H,2-10H2,1H3,(H,18,19)/t11-,13?,14?,15?/m0/s1. The minimum absolute atomic E-state index is 0.0959. The smallest absolute Gasteiger partial charge is 0.237 e. The lowest BCUT2D eigenvalue weighted by Crippen LogP contribution is -2.49. The van der Waals surface area contributed by atoms with Gasteiger partial charge in [-0.2, -0.15) is 0 Å². The minimum Gasteiger partial charge on any atom is -0.352 e. The van der Waals surface area contributed by atoms with Crippen molar-refractivity contribution in [1.82, 2.24) is 10.6 Å². The van der Waals surface area contributed by atoms with Crippen molar-refractivity contribution >= 4 is 5.91 Å². The Morgan fingerprint density at radius 1 is 1.11 bits per heavy atom. The van der Waals surface area contributed by atoms with Crippen LogP contribution in [0.25, 0.3) is 0 Å². The lowest BCUT2D eigenvalue weighted by atomic mass is 9.84. The SMILES string of the molecule is C[C@H](NC(=O)C1NCC2CCCC21)C1CCCCC1. The maximum absolute atomic E-state index is 12.5. The van der Waals surface area contributed by atoms with E-state index in [4.69, 9.17) is 0 Å². The molecule has 3 aliphatic rings. The second kappa shape index (κ2) is 5.82. The highest BCUT2D eigenvalue weighted by molar-refractivity contribution is 5.82. The first-order chi connectivity index (χ1) is 9.25. The van der Waals surface area contributed by atoms with E-state index in [0.717, 1.165) is 12.5 Å². The second-order valence-electron chi connectivity index (χ2n) is 6.94. The van der Waals surface area contributed by atoms with Gasteiger partial charge in [0.05, 0.1) is 6.04 Å². The molecule has 3 nitrogen and oxygen atoms in total. The van der Waals surface area contributed by atoms with Gasteiger partial charge in [0.1, 0.15) is 0 Å². The third-order valence-corrected chi connectivity index (χ3v) is 5.76. The topological polar surface area (TPSA) is 41.1 Å². The summed E-state index contributed by atoms with van der Waals surface area (Å²) in [5, 5.41) is 6.76. The Morgan fingerprint density at radius 2 is 1.89 bits per heavy atom. The zero-order valence-corrected chi connectivity index (χ0v) is 12.2. The molecule has 0 bridgehead atoms. The summed E-state index contributed by atoms with van der Waals surface area (Å²) in [6.07, 6.45) is 10.5. The second-order valence-corrected chi connectivity index (χ2v) is 6.94. The van der Waals surface area contributed by atoms with E-state index in [0.29, 0.717) is 17.9 Å². The average molecular weight is 264 g/mol. The Labute approximate surface area is 116 Å². The van der Waals surface area contributed by atoms with Crippen LogP contribution in [0.3, 0.4) is 0 Å². The zero-order chi connectivity index (χ0) is 13.2. The summed E-state index contributed by atoms with van der Waals surface area (Å²) in [4.78, 5) is 12.5. The van der Waals surface area contributed by atoms with Gasteiger partial charge in [-0.1, -0.05) is 25.7 Å². The van der Waals surface area contributed by atoms with Gasteiger partial charge in [0, 0.05) is 6.04 Å². The summed E-state index contributed by atoms with van der Waals surface area (Å²) < 4.78 is 0. The van der Waals surface area contributed by atoms with Gasteiger partial charge in [0.15, 0.2) is 0 Å². The van der Waals surface area contributed by atoms with Crippen molar-refractivity contribution in [2.24, 2.45) is 17.8 Å². The summed E-state index contributed by atoms with van der Waals surface area (Å²) in [5.41, 5.74) is 0. The van der Waals surface area contributed by atoms with Gasteiger partial charge in [-0.05, 0) is 56.9 Å². The molecule has 108 valence electrons. The van der Waals surface area contributed by atoms with E-state index in [1.54, 1.807) is 0 Å². The van der Waals surface area contributed by atoms with Crippen molar-refractivity contribution in [2.45, 2.75) is 70.4 Å². The van der Waals surface area contributed by atoms with Crippen molar-refractivity contribution in [3.8, 4) is 0 Å². The molecule has 2 N–H and O–H groups in total. The van der Waals surface area contributed by atoms with Gasteiger partial charge in [-0.3, -0.25) is 4.79 Å². The zero-order valence-electron chi connectivity index (χ0n) is 12.2. The highest BCUT2D eigenvalue weighted by atomic mass is 16.2. The molecule has 4 atom stereocenters. The maximum Gasteiger partial charge on any atom is 0.237 e. The number of hydrogen-bond donors (Lipinski definition) is 2. The van der Waals surface area contributed by atoms with Gasteiger partial charge < -0.3 is 10.6 Å². The summed E-state index contributed by atoms with van der Waals surface area (Å²) in [5.74, 6) is 2.35.